The zero-order valence-electron chi connectivity index (χ0n) is 16.6. The average molecular weight is 449 g/mol. The predicted octanol–water partition coefficient (Wildman–Crippen LogP) is 1.77. The summed E-state index contributed by atoms with van der Waals surface area (Å²) in [5.74, 6) is -1.36. The smallest absolute Gasteiger partial charge is 0.236 e. The van der Waals surface area contributed by atoms with Crippen LogP contribution in [0, 0.1) is 11.6 Å². The van der Waals surface area contributed by atoms with Crippen molar-refractivity contribution in [1.29, 1.82) is 0 Å². The van der Waals surface area contributed by atoms with Crippen molar-refractivity contribution in [3.8, 4) is 11.4 Å². The lowest BCUT2D eigenvalue weighted by atomic mass is 10.2. The van der Waals surface area contributed by atoms with Crippen molar-refractivity contribution in [3.05, 3.63) is 36.3 Å². The molecule has 3 aromatic rings. The Kier molecular flexibility index (Phi) is 4.97. The summed E-state index contributed by atoms with van der Waals surface area (Å²) in [5.41, 5.74) is 0.590. The van der Waals surface area contributed by atoms with E-state index >= 15 is 0 Å². The molecular formula is C19H21F2N7O2S. The molecule has 0 spiro atoms. The summed E-state index contributed by atoms with van der Waals surface area (Å²) < 4.78 is 56.7. The monoisotopic (exact) mass is 449 g/mol. The van der Waals surface area contributed by atoms with Gasteiger partial charge in [0.25, 0.3) is 0 Å². The van der Waals surface area contributed by atoms with Crippen molar-refractivity contribution < 1.29 is 17.2 Å². The van der Waals surface area contributed by atoms with Gasteiger partial charge in [0.1, 0.15) is 5.69 Å². The maximum absolute atomic E-state index is 14.7. The summed E-state index contributed by atoms with van der Waals surface area (Å²) in [7, 11) is -3.46. The zero-order valence-corrected chi connectivity index (χ0v) is 17.4. The SMILES string of the molecule is O=S1(=O)CCCCN1c1cn2c(-c3nc(NC4CCNC4)c(F)cc3F)cnc2cn1. The van der Waals surface area contributed by atoms with E-state index in [4.69, 9.17) is 0 Å². The van der Waals surface area contributed by atoms with Crippen molar-refractivity contribution in [2.75, 3.05) is 35.0 Å². The predicted molar refractivity (Wildman–Crippen MR) is 111 cm³/mol. The summed E-state index contributed by atoms with van der Waals surface area (Å²) in [4.78, 5) is 12.6. The molecule has 2 N–H and O–H groups in total. The molecule has 0 saturated carbocycles. The molecule has 5 heterocycles. The van der Waals surface area contributed by atoms with Crippen molar-refractivity contribution in [3.63, 3.8) is 0 Å². The summed E-state index contributed by atoms with van der Waals surface area (Å²) in [6, 6.07) is 0.798. The maximum Gasteiger partial charge on any atom is 0.236 e. The van der Waals surface area contributed by atoms with Gasteiger partial charge >= 0.3 is 0 Å². The third-order valence-electron chi connectivity index (χ3n) is 5.56. The number of anilines is 2. The van der Waals surface area contributed by atoms with E-state index in [-0.39, 0.29) is 34.8 Å². The molecule has 2 aliphatic heterocycles. The molecule has 164 valence electrons. The Hall–Kier alpha value is -2.86. The Morgan fingerprint density at radius 2 is 2.03 bits per heavy atom. The fourth-order valence-corrected chi connectivity index (χ4v) is 5.52. The van der Waals surface area contributed by atoms with Crippen LogP contribution < -0.4 is 14.9 Å². The molecule has 0 aromatic carbocycles. The highest BCUT2D eigenvalue weighted by atomic mass is 32.2. The molecule has 0 amide bonds. The highest BCUT2D eigenvalue weighted by molar-refractivity contribution is 7.92. The first-order valence-corrected chi connectivity index (χ1v) is 11.7. The minimum Gasteiger partial charge on any atom is -0.364 e. The van der Waals surface area contributed by atoms with E-state index in [9.17, 15) is 17.2 Å². The number of rotatable bonds is 4. The van der Waals surface area contributed by atoms with Crippen LogP contribution in [-0.4, -0.2) is 59.2 Å². The Morgan fingerprint density at radius 3 is 2.81 bits per heavy atom. The van der Waals surface area contributed by atoms with Crippen molar-refractivity contribution in [2.24, 2.45) is 0 Å². The molecule has 1 atom stereocenters. The molecule has 9 nitrogen and oxygen atoms in total. The average Bonchev–Trinajstić information content (AvgIpc) is 3.39. The van der Waals surface area contributed by atoms with E-state index in [1.54, 1.807) is 0 Å². The maximum atomic E-state index is 14.7. The second-order valence-corrected chi connectivity index (χ2v) is 9.71. The van der Waals surface area contributed by atoms with Gasteiger partial charge in [-0.05, 0) is 25.8 Å². The zero-order chi connectivity index (χ0) is 21.6. The van der Waals surface area contributed by atoms with Crippen LogP contribution in [0.4, 0.5) is 20.4 Å². The Balaban J connectivity index is 1.57. The molecular weight excluding hydrogens is 428 g/mol. The lowest BCUT2D eigenvalue weighted by Gasteiger charge is -2.27. The van der Waals surface area contributed by atoms with E-state index < -0.39 is 21.7 Å². The second-order valence-electron chi connectivity index (χ2n) is 7.70. The molecule has 31 heavy (non-hydrogen) atoms. The lowest BCUT2D eigenvalue weighted by Crippen LogP contribution is -2.38. The van der Waals surface area contributed by atoms with Gasteiger partial charge in [0, 0.05) is 25.2 Å². The number of sulfonamides is 1. The molecule has 2 saturated heterocycles. The van der Waals surface area contributed by atoms with Crippen molar-refractivity contribution in [1.82, 2.24) is 24.7 Å². The van der Waals surface area contributed by atoms with Crippen LogP contribution in [0.5, 0.6) is 0 Å². The van der Waals surface area contributed by atoms with Gasteiger partial charge in [-0.3, -0.25) is 8.71 Å². The minimum absolute atomic E-state index is 0.00241. The van der Waals surface area contributed by atoms with Gasteiger partial charge in [0.2, 0.25) is 10.0 Å². The third-order valence-corrected chi connectivity index (χ3v) is 7.41. The fraction of sp³-hybridized carbons (Fsp3) is 0.421. The molecule has 5 rings (SSSR count). The lowest BCUT2D eigenvalue weighted by molar-refractivity contribution is 0.572. The highest BCUT2D eigenvalue weighted by Crippen LogP contribution is 2.28. The van der Waals surface area contributed by atoms with Gasteiger partial charge < -0.3 is 10.6 Å². The second kappa shape index (κ2) is 7.68. The number of pyridine rings is 1. The van der Waals surface area contributed by atoms with Crippen LogP contribution in [0.2, 0.25) is 0 Å². The standard InChI is InChI=1S/C19H21F2N7O2S/c20-13-7-14(21)19(25-12-3-4-22-8-12)26-18(13)15-9-23-16-10-24-17(11-27(15)16)28-5-1-2-6-31(28,29)30/h7,9-12,22H,1-6,8H2,(H,25,26). The first-order chi connectivity index (χ1) is 14.9. The quantitative estimate of drug-likeness (QED) is 0.626. The molecule has 1 unspecified atom stereocenters. The number of hydrogen-bond acceptors (Lipinski definition) is 7. The Labute approximate surface area is 177 Å². The molecule has 12 heteroatoms. The first-order valence-electron chi connectivity index (χ1n) is 10.1. The highest BCUT2D eigenvalue weighted by Gasteiger charge is 2.28. The van der Waals surface area contributed by atoms with Gasteiger partial charge in [-0.2, -0.15) is 0 Å². The summed E-state index contributed by atoms with van der Waals surface area (Å²) in [5, 5.41) is 6.19. The molecule has 0 aliphatic carbocycles. The van der Waals surface area contributed by atoms with Crippen LogP contribution in [0.15, 0.2) is 24.7 Å². The van der Waals surface area contributed by atoms with E-state index in [1.807, 2.05) is 0 Å². The van der Waals surface area contributed by atoms with Crippen LogP contribution in [0.3, 0.4) is 0 Å². The Morgan fingerprint density at radius 1 is 1.16 bits per heavy atom. The summed E-state index contributed by atoms with van der Waals surface area (Å²) >= 11 is 0. The van der Waals surface area contributed by atoms with Gasteiger partial charge in [0.05, 0.1) is 30.0 Å². The first kappa shape index (κ1) is 20.1. The molecule has 2 fully saturated rings. The largest absolute Gasteiger partial charge is 0.364 e. The van der Waals surface area contributed by atoms with E-state index in [0.29, 0.717) is 25.2 Å². The van der Waals surface area contributed by atoms with Gasteiger partial charge in [0.15, 0.2) is 28.9 Å². The van der Waals surface area contributed by atoms with Crippen molar-refractivity contribution in [2.45, 2.75) is 25.3 Å². The molecule has 0 radical (unpaired) electrons. The van der Waals surface area contributed by atoms with Crippen LogP contribution in [0.25, 0.3) is 17.0 Å². The van der Waals surface area contributed by atoms with Crippen LogP contribution in [-0.2, 0) is 10.0 Å². The number of imidazole rings is 1. The third kappa shape index (κ3) is 3.69. The minimum atomic E-state index is -3.46. The van der Waals surface area contributed by atoms with Crippen LogP contribution in [0.1, 0.15) is 19.3 Å². The van der Waals surface area contributed by atoms with Gasteiger partial charge in [-0.25, -0.2) is 32.2 Å². The van der Waals surface area contributed by atoms with Crippen molar-refractivity contribution >= 4 is 27.3 Å². The molecule has 2 aliphatic rings. The fourth-order valence-electron chi connectivity index (χ4n) is 3.95. The number of aromatic nitrogens is 4. The van der Waals surface area contributed by atoms with E-state index in [1.165, 1.54) is 27.3 Å². The van der Waals surface area contributed by atoms with Crippen LogP contribution >= 0.6 is 0 Å². The Bertz CT molecular complexity index is 1240. The van der Waals surface area contributed by atoms with Gasteiger partial charge in [-0.15, -0.1) is 0 Å². The summed E-state index contributed by atoms with van der Waals surface area (Å²) in [6.07, 6.45) is 6.48. The summed E-state index contributed by atoms with van der Waals surface area (Å²) in [6.45, 7) is 1.82. The van der Waals surface area contributed by atoms with E-state index in [0.717, 1.165) is 25.5 Å². The number of hydrogen-bond donors (Lipinski definition) is 2. The number of nitrogens with zero attached hydrogens (tertiary/aromatic N) is 5. The normalized spacial score (nSPS) is 21.0. The van der Waals surface area contributed by atoms with Gasteiger partial charge in [-0.1, -0.05) is 0 Å². The number of nitrogens with one attached hydrogen (secondary N) is 2. The van der Waals surface area contributed by atoms with E-state index in [2.05, 4.69) is 25.6 Å². The topological polar surface area (TPSA) is 105 Å². The molecule has 3 aromatic heterocycles. The molecule has 0 bridgehead atoms. The number of fused-ring (bicyclic) bond motifs is 1. The number of halogens is 2.